The highest BCUT2D eigenvalue weighted by Gasteiger charge is 2.79. The number of nitrogens with zero attached hydrogens (tertiary/aromatic N) is 1. The molecule has 1 spiro atoms. The van der Waals surface area contributed by atoms with E-state index in [1.807, 2.05) is 86.6 Å². The first kappa shape index (κ1) is 28.4. The smallest absolute Gasteiger partial charge is 0.250 e. The Bertz CT molecular complexity index is 1490. The van der Waals surface area contributed by atoms with E-state index in [1.165, 1.54) is 0 Å². The monoisotopic (exact) mass is 569 g/mol. The van der Waals surface area contributed by atoms with Crippen LogP contribution in [0.15, 0.2) is 72.8 Å². The Labute approximate surface area is 246 Å². The molecule has 2 bridgehead atoms. The van der Waals surface area contributed by atoms with Crippen molar-refractivity contribution >= 4 is 39.9 Å². The van der Waals surface area contributed by atoms with E-state index < -0.39 is 29.1 Å². The Morgan fingerprint density at radius 1 is 0.905 bits per heavy atom. The molecule has 0 radical (unpaired) electrons. The third kappa shape index (κ3) is 4.67. The Balaban J connectivity index is 1.33. The van der Waals surface area contributed by atoms with Gasteiger partial charge in [-0.05, 0) is 67.1 Å². The average molecular weight is 570 g/mol. The summed E-state index contributed by atoms with van der Waals surface area (Å²) in [6, 6.07) is 22.1. The molecule has 0 saturated carbocycles. The van der Waals surface area contributed by atoms with Crippen LogP contribution in [0.2, 0.25) is 0 Å². The average Bonchev–Trinajstić information content (AvgIpc) is 3.49. The molecule has 220 valence electrons. The SMILES string of the molecule is CC1CC23O[C@]1(C)[C@@H](C(=O)Nc1ccccc1)[C@H]2C(=O)N(CCCCCCO)C3C(=O)Nc1ccc2ccccc2c1. The number of aliphatic hydroxyl groups excluding tert-OH is 1. The van der Waals surface area contributed by atoms with E-state index in [0.717, 1.165) is 23.6 Å². The van der Waals surface area contributed by atoms with E-state index in [4.69, 9.17) is 4.74 Å². The first-order chi connectivity index (χ1) is 20.3. The number of nitrogens with one attached hydrogen (secondary N) is 2. The number of benzene rings is 3. The third-order valence-corrected chi connectivity index (χ3v) is 9.71. The van der Waals surface area contributed by atoms with Gasteiger partial charge in [0, 0.05) is 24.5 Å². The van der Waals surface area contributed by atoms with Gasteiger partial charge in [-0.25, -0.2) is 0 Å². The van der Waals surface area contributed by atoms with Gasteiger partial charge in [0.2, 0.25) is 17.7 Å². The largest absolute Gasteiger partial charge is 0.396 e. The summed E-state index contributed by atoms with van der Waals surface area (Å²) in [4.78, 5) is 44.1. The lowest BCUT2D eigenvalue weighted by Crippen LogP contribution is -2.54. The van der Waals surface area contributed by atoms with Crippen molar-refractivity contribution in [1.82, 2.24) is 4.90 Å². The van der Waals surface area contributed by atoms with Crippen molar-refractivity contribution in [2.45, 2.75) is 63.2 Å². The molecule has 6 atom stereocenters. The number of amides is 3. The number of ether oxygens (including phenoxy) is 1. The number of aliphatic hydroxyl groups is 1. The highest BCUT2D eigenvalue weighted by atomic mass is 16.5. The van der Waals surface area contributed by atoms with Gasteiger partial charge in [-0.3, -0.25) is 14.4 Å². The second-order valence-corrected chi connectivity index (χ2v) is 12.3. The summed E-state index contributed by atoms with van der Waals surface area (Å²) < 4.78 is 6.83. The molecule has 0 aliphatic carbocycles. The number of hydrogen-bond acceptors (Lipinski definition) is 5. The van der Waals surface area contributed by atoms with Crippen molar-refractivity contribution in [3.05, 3.63) is 72.8 Å². The fraction of sp³-hybridized carbons (Fsp3) is 0.441. The third-order valence-electron chi connectivity index (χ3n) is 9.71. The molecule has 3 amide bonds. The highest BCUT2D eigenvalue weighted by molar-refractivity contribution is 6.06. The lowest BCUT2D eigenvalue weighted by Gasteiger charge is -2.36. The normalized spacial score (nSPS) is 29.6. The summed E-state index contributed by atoms with van der Waals surface area (Å²) in [6.07, 6.45) is 3.59. The maximum atomic E-state index is 14.3. The van der Waals surface area contributed by atoms with Gasteiger partial charge in [-0.1, -0.05) is 68.3 Å². The van der Waals surface area contributed by atoms with Crippen molar-refractivity contribution in [2.24, 2.45) is 17.8 Å². The Morgan fingerprint density at radius 2 is 1.60 bits per heavy atom. The van der Waals surface area contributed by atoms with Crippen molar-refractivity contribution in [3.63, 3.8) is 0 Å². The quantitative estimate of drug-likeness (QED) is 0.299. The minimum Gasteiger partial charge on any atom is -0.396 e. The van der Waals surface area contributed by atoms with Crippen LogP contribution in [-0.2, 0) is 19.1 Å². The predicted molar refractivity (Wildman–Crippen MR) is 162 cm³/mol. The van der Waals surface area contributed by atoms with Crippen LogP contribution >= 0.6 is 0 Å². The van der Waals surface area contributed by atoms with Gasteiger partial charge >= 0.3 is 0 Å². The molecule has 8 heteroatoms. The maximum Gasteiger partial charge on any atom is 0.250 e. The summed E-state index contributed by atoms with van der Waals surface area (Å²) in [7, 11) is 0. The van der Waals surface area contributed by atoms with Crippen molar-refractivity contribution in [3.8, 4) is 0 Å². The molecule has 3 aliphatic rings. The van der Waals surface area contributed by atoms with Crippen LogP contribution in [0.25, 0.3) is 10.8 Å². The fourth-order valence-corrected chi connectivity index (χ4v) is 7.65. The van der Waals surface area contributed by atoms with E-state index in [2.05, 4.69) is 10.6 Å². The standard InChI is InChI=1S/C34H39N3O5/c1-22-21-34-28(27(33(22,2)42-34)30(39)35-25-14-6-5-7-15-25)32(41)37(18-10-3-4-11-19-38)29(34)31(40)36-26-17-16-23-12-8-9-13-24(23)20-26/h5-9,12-17,20,22,27-29,38H,3-4,10-11,18-19,21H2,1-2H3,(H,35,39)(H,36,40)/t22?,27-,28+,29?,33+,34?/m1/s1. The highest BCUT2D eigenvalue weighted by Crippen LogP contribution is 2.65. The van der Waals surface area contributed by atoms with Gasteiger partial charge in [0.15, 0.2) is 0 Å². The number of hydrogen-bond donors (Lipinski definition) is 3. The van der Waals surface area contributed by atoms with E-state index in [-0.39, 0.29) is 30.2 Å². The topological polar surface area (TPSA) is 108 Å². The zero-order valence-corrected chi connectivity index (χ0v) is 24.2. The number of para-hydroxylation sites is 1. The molecule has 0 aromatic heterocycles. The van der Waals surface area contributed by atoms with Crippen molar-refractivity contribution in [1.29, 1.82) is 0 Å². The molecule has 3 unspecified atom stereocenters. The van der Waals surface area contributed by atoms with Crippen LogP contribution in [0.5, 0.6) is 0 Å². The maximum absolute atomic E-state index is 14.3. The molecule has 42 heavy (non-hydrogen) atoms. The first-order valence-corrected chi connectivity index (χ1v) is 15.1. The fourth-order valence-electron chi connectivity index (χ4n) is 7.65. The number of rotatable bonds is 10. The molecule has 3 saturated heterocycles. The van der Waals surface area contributed by atoms with Gasteiger partial charge in [-0.2, -0.15) is 0 Å². The Kier molecular flexibility index (Phi) is 7.53. The van der Waals surface area contributed by atoms with E-state index in [9.17, 15) is 19.5 Å². The number of likely N-dealkylation sites (tertiary alicyclic amines) is 1. The molecule has 3 aliphatic heterocycles. The predicted octanol–water partition coefficient (Wildman–Crippen LogP) is 4.98. The van der Waals surface area contributed by atoms with Gasteiger partial charge in [0.1, 0.15) is 11.6 Å². The molecule has 3 heterocycles. The Hall–Kier alpha value is -3.75. The molecule has 6 rings (SSSR count). The van der Waals surface area contributed by atoms with Crippen molar-refractivity contribution in [2.75, 3.05) is 23.8 Å². The second-order valence-electron chi connectivity index (χ2n) is 12.3. The lowest BCUT2D eigenvalue weighted by molar-refractivity contribution is -0.144. The molecule has 3 aromatic carbocycles. The van der Waals surface area contributed by atoms with Crippen LogP contribution in [0.1, 0.15) is 46.0 Å². The summed E-state index contributed by atoms with van der Waals surface area (Å²) in [5, 5.41) is 17.4. The van der Waals surface area contributed by atoms with Gasteiger partial charge in [0.25, 0.3) is 0 Å². The minimum absolute atomic E-state index is 0.0338. The van der Waals surface area contributed by atoms with Crippen LogP contribution < -0.4 is 10.6 Å². The summed E-state index contributed by atoms with van der Waals surface area (Å²) in [5.74, 6) is -2.27. The number of anilines is 2. The summed E-state index contributed by atoms with van der Waals surface area (Å²) in [5.41, 5.74) is -0.671. The van der Waals surface area contributed by atoms with Crippen LogP contribution in [0.4, 0.5) is 11.4 Å². The van der Waals surface area contributed by atoms with Crippen LogP contribution in [-0.4, -0.2) is 58.1 Å². The van der Waals surface area contributed by atoms with E-state index >= 15 is 0 Å². The van der Waals surface area contributed by atoms with Gasteiger partial charge in [-0.15, -0.1) is 0 Å². The van der Waals surface area contributed by atoms with E-state index in [0.29, 0.717) is 37.2 Å². The number of fused-ring (bicyclic) bond motifs is 2. The van der Waals surface area contributed by atoms with Gasteiger partial charge in [0.05, 0.1) is 17.4 Å². The lowest BCUT2D eigenvalue weighted by atomic mass is 9.62. The zero-order chi connectivity index (χ0) is 29.5. The molecule has 3 N–H and O–H groups in total. The van der Waals surface area contributed by atoms with Crippen molar-refractivity contribution < 1.29 is 24.2 Å². The molecule has 3 fully saturated rings. The summed E-state index contributed by atoms with van der Waals surface area (Å²) >= 11 is 0. The zero-order valence-electron chi connectivity index (χ0n) is 24.2. The van der Waals surface area contributed by atoms with Gasteiger partial charge < -0.3 is 25.4 Å². The molecular formula is C34H39N3O5. The number of carbonyl (C=O) groups excluding carboxylic acids is 3. The molecule has 8 nitrogen and oxygen atoms in total. The summed E-state index contributed by atoms with van der Waals surface area (Å²) in [6.45, 7) is 4.49. The number of unbranched alkanes of at least 4 members (excludes halogenated alkanes) is 3. The first-order valence-electron chi connectivity index (χ1n) is 15.1. The second kappa shape index (κ2) is 11.2. The van der Waals surface area contributed by atoms with E-state index in [1.54, 1.807) is 4.90 Å². The molecular weight excluding hydrogens is 530 g/mol. The molecule has 3 aromatic rings. The minimum atomic E-state index is -1.10. The van der Waals surface area contributed by atoms with Crippen LogP contribution in [0, 0.1) is 17.8 Å². The Morgan fingerprint density at radius 3 is 2.36 bits per heavy atom. The number of carbonyl (C=O) groups is 3. The van der Waals surface area contributed by atoms with Crippen LogP contribution in [0.3, 0.4) is 0 Å².